The van der Waals surface area contributed by atoms with Gasteiger partial charge in [0, 0.05) is 17.8 Å². The van der Waals surface area contributed by atoms with Crippen LogP contribution in [0.1, 0.15) is 17.9 Å². The lowest BCUT2D eigenvalue weighted by Gasteiger charge is -2.11. The van der Waals surface area contributed by atoms with Gasteiger partial charge in [0.1, 0.15) is 5.76 Å². The van der Waals surface area contributed by atoms with E-state index in [1.165, 1.54) is 0 Å². The second-order valence-electron chi connectivity index (χ2n) is 5.58. The highest BCUT2D eigenvalue weighted by atomic mass is 16.4. The molecule has 0 radical (unpaired) electrons. The Bertz CT molecular complexity index is 676. The predicted molar refractivity (Wildman–Crippen MR) is 82.5 cm³/mol. The van der Waals surface area contributed by atoms with E-state index in [0.717, 1.165) is 17.0 Å². The summed E-state index contributed by atoms with van der Waals surface area (Å²) in [7, 11) is 0. The summed E-state index contributed by atoms with van der Waals surface area (Å²) in [6.07, 6.45) is -0.0238. The van der Waals surface area contributed by atoms with Crippen LogP contribution >= 0.6 is 0 Å². The van der Waals surface area contributed by atoms with Crippen molar-refractivity contribution in [1.29, 1.82) is 0 Å². The monoisotopic (exact) mass is 301 g/mol. The van der Waals surface area contributed by atoms with E-state index in [4.69, 9.17) is 4.42 Å². The fourth-order valence-electron chi connectivity index (χ4n) is 2.47. The van der Waals surface area contributed by atoms with Gasteiger partial charge in [0.2, 0.25) is 11.8 Å². The molecule has 1 fully saturated rings. The highest BCUT2D eigenvalue weighted by Crippen LogP contribution is 2.24. The second-order valence-corrected chi connectivity index (χ2v) is 5.58. The highest BCUT2D eigenvalue weighted by molar-refractivity contribution is 5.95. The molecule has 1 amide bonds. The lowest BCUT2D eigenvalue weighted by Crippen LogP contribution is -2.35. The van der Waals surface area contributed by atoms with Gasteiger partial charge in [-0.2, -0.15) is 0 Å². The standard InChI is InChI=1S/C16H19N3O3/c1-9-10(2)22-16(18-9)11-4-3-5-12(6-11)19-15(21)14-7-13(20)8-17-14/h3-6,13-14,17,20H,7-8H2,1-2H3,(H,19,21). The molecule has 6 nitrogen and oxygen atoms in total. The Morgan fingerprint density at radius 2 is 2.27 bits per heavy atom. The van der Waals surface area contributed by atoms with E-state index in [1.807, 2.05) is 38.1 Å². The zero-order valence-corrected chi connectivity index (χ0v) is 12.6. The molecule has 1 aromatic carbocycles. The lowest BCUT2D eigenvalue weighted by atomic mass is 10.1. The Balaban J connectivity index is 1.75. The predicted octanol–water partition coefficient (Wildman–Crippen LogP) is 1.62. The van der Waals surface area contributed by atoms with Crippen LogP contribution < -0.4 is 10.6 Å². The summed E-state index contributed by atoms with van der Waals surface area (Å²) in [5, 5.41) is 15.3. The molecule has 2 unspecified atom stereocenters. The van der Waals surface area contributed by atoms with Crippen LogP contribution in [-0.2, 0) is 4.79 Å². The van der Waals surface area contributed by atoms with Crippen LogP contribution in [0.3, 0.4) is 0 Å². The Morgan fingerprint density at radius 1 is 1.45 bits per heavy atom. The Kier molecular flexibility index (Phi) is 3.96. The minimum absolute atomic E-state index is 0.145. The third-order valence-corrected chi connectivity index (χ3v) is 3.83. The number of aliphatic hydroxyl groups excluding tert-OH is 1. The van der Waals surface area contributed by atoms with Crippen LogP contribution in [0.2, 0.25) is 0 Å². The number of nitrogens with one attached hydrogen (secondary N) is 2. The van der Waals surface area contributed by atoms with Crippen molar-refractivity contribution in [2.75, 3.05) is 11.9 Å². The van der Waals surface area contributed by atoms with Gasteiger partial charge in [-0.3, -0.25) is 4.79 Å². The first-order valence-corrected chi connectivity index (χ1v) is 7.29. The molecule has 1 saturated heterocycles. The maximum absolute atomic E-state index is 12.1. The number of aliphatic hydroxyl groups is 1. The number of β-amino-alcohol motifs (C(OH)–C–C–N with tert-alkyl or cyclic N) is 1. The number of hydrogen-bond acceptors (Lipinski definition) is 5. The molecular weight excluding hydrogens is 282 g/mol. The molecule has 3 rings (SSSR count). The summed E-state index contributed by atoms with van der Waals surface area (Å²) in [4.78, 5) is 16.5. The summed E-state index contributed by atoms with van der Waals surface area (Å²) in [6.45, 7) is 4.21. The zero-order chi connectivity index (χ0) is 15.7. The number of nitrogens with zero attached hydrogens (tertiary/aromatic N) is 1. The van der Waals surface area contributed by atoms with E-state index in [2.05, 4.69) is 15.6 Å². The molecule has 2 aromatic rings. The Labute approximate surface area is 128 Å². The minimum atomic E-state index is -0.458. The fourth-order valence-corrected chi connectivity index (χ4v) is 2.47. The summed E-state index contributed by atoms with van der Waals surface area (Å²) < 4.78 is 5.60. The van der Waals surface area contributed by atoms with E-state index in [-0.39, 0.29) is 11.9 Å². The molecule has 0 spiro atoms. The van der Waals surface area contributed by atoms with Crippen molar-refractivity contribution >= 4 is 11.6 Å². The number of anilines is 1. The molecule has 22 heavy (non-hydrogen) atoms. The van der Waals surface area contributed by atoms with Gasteiger partial charge in [-0.1, -0.05) is 6.07 Å². The average Bonchev–Trinajstić information content (AvgIpc) is 3.06. The van der Waals surface area contributed by atoms with E-state index in [9.17, 15) is 9.90 Å². The first-order valence-electron chi connectivity index (χ1n) is 7.29. The largest absolute Gasteiger partial charge is 0.441 e. The molecule has 0 aliphatic carbocycles. The van der Waals surface area contributed by atoms with Gasteiger partial charge in [0.25, 0.3) is 0 Å². The quantitative estimate of drug-likeness (QED) is 0.802. The van der Waals surface area contributed by atoms with Crippen molar-refractivity contribution < 1.29 is 14.3 Å². The molecule has 1 aliphatic rings. The van der Waals surface area contributed by atoms with Crippen LogP contribution in [0.15, 0.2) is 28.7 Å². The topological polar surface area (TPSA) is 87.4 Å². The molecule has 116 valence electrons. The van der Waals surface area contributed by atoms with E-state index in [0.29, 0.717) is 24.5 Å². The normalized spacial score (nSPS) is 21.0. The van der Waals surface area contributed by atoms with Crippen LogP contribution in [0.5, 0.6) is 0 Å². The molecular formula is C16H19N3O3. The Morgan fingerprint density at radius 3 is 2.91 bits per heavy atom. The number of rotatable bonds is 3. The van der Waals surface area contributed by atoms with Gasteiger partial charge < -0.3 is 20.2 Å². The molecule has 0 saturated carbocycles. The van der Waals surface area contributed by atoms with Crippen molar-refractivity contribution in [3.05, 3.63) is 35.7 Å². The summed E-state index contributed by atoms with van der Waals surface area (Å²) in [5.41, 5.74) is 2.35. The summed E-state index contributed by atoms with van der Waals surface area (Å²) >= 11 is 0. The molecule has 1 aliphatic heterocycles. The van der Waals surface area contributed by atoms with Crippen molar-refractivity contribution in [3.63, 3.8) is 0 Å². The first kappa shape index (κ1) is 14.7. The fraction of sp³-hybridized carbons (Fsp3) is 0.375. The van der Waals surface area contributed by atoms with E-state index >= 15 is 0 Å². The molecule has 0 bridgehead atoms. The van der Waals surface area contributed by atoms with Crippen molar-refractivity contribution in [2.24, 2.45) is 0 Å². The number of carbonyl (C=O) groups is 1. The molecule has 2 heterocycles. The van der Waals surface area contributed by atoms with E-state index in [1.54, 1.807) is 0 Å². The van der Waals surface area contributed by atoms with Gasteiger partial charge >= 0.3 is 0 Å². The highest BCUT2D eigenvalue weighted by Gasteiger charge is 2.28. The molecule has 6 heteroatoms. The third kappa shape index (κ3) is 3.03. The van der Waals surface area contributed by atoms with Crippen molar-refractivity contribution in [3.8, 4) is 11.5 Å². The number of carbonyl (C=O) groups excluding carboxylic acids is 1. The SMILES string of the molecule is Cc1nc(-c2cccc(NC(=O)C3CC(O)CN3)c2)oc1C. The summed E-state index contributed by atoms with van der Waals surface area (Å²) in [6, 6.07) is 7.02. The number of amides is 1. The van der Waals surface area contributed by atoms with Crippen LogP contribution in [-0.4, -0.2) is 34.7 Å². The second kappa shape index (κ2) is 5.90. The number of aryl methyl sites for hydroxylation is 2. The zero-order valence-electron chi connectivity index (χ0n) is 12.6. The summed E-state index contributed by atoms with van der Waals surface area (Å²) in [5.74, 6) is 1.18. The van der Waals surface area contributed by atoms with Gasteiger partial charge in [0.15, 0.2) is 0 Å². The Hall–Kier alpha value is -2.18. The maximum Gasteiger partial charge on any atom is 0.241 e. The smallest absolute Gasteiger partial charge is 0.241 e. The van der Waals surface area contributed by atoms with Gasteiger partial charge in [-0.05, 0) is 38.5 Å². The maximum atomic E-state index is 12.1. The number of hydrogen-bond donors (Lipinski definition) is 3. The lowest BCUT2D eigenvalue weighted by molar-refractivity contribution is -0.117. The minimum Gasteiger partial charge on any atom is -0.441 e. The van der Waals surface area contributed by atoms with Gasteiger partial charge in [0.05, 0.1) is 17.8 Å². The number of aromatic nitrogens is 1. The number of oxazole rings is 1. The molecule has 2 atom stereocenters. The third-order valence-electron chi connectivity index (χ3n) is 3.83. The molecule has 3 N–H and O–H groups in total. The van der Waals surface area contributed by atoms with Crippen LogP contribution in [0.4, 0.5) is 5.69 Å². The van der Waals surface area contributed by atoms with Crippen molar-refractivity contribution in [1.82, 2.24) is 10.3 Å². The van der Waals surface area contributed by atoms with E-state index < -0.39 is 6.10 Å². The van der Waals surface area contributed by atoms with Gasteiger partial charge in [-0.25, -0.2) is 4.98 Å². The van der Waals surface area contributed by atoms with Crippen molar-refractivity contribution in [2.45, 2.75) is 32.4 Å². The average molecular weight is 301 g/mol. The number of benzene rings is 1. The van der Waals surface area contributed by atoms with Gasteiger partial charge in [-0.15, -0.1) is 0 Å². The van der Waals surface area contributed by atoms with Crippen LogP contribution in [0.25, 0.3) is 11.5 Å². The molecule has 1 aromatic heterocycles. The first-order chi connectivity index (χ1) is 10.5. The van der Waals surface area contributed by atoms with Crippen LogP contribution in [0, 0.1) is 13.8 Å².